The topological polar surface area (TPSA) is 35.5 Å². The van der Waals surface area contributed by atoms with Crippen LogP contribution in [0.15, 0.2) is 29.3 Å². The molecule has 1 fully saturated rings. The van der Waals surface area contributed by atoms with E-state index in [1.807, 2.05) is 4.90 Å². The maximum Gasteiger partial charge on any atom is 0.420 e. The summed E-state index contributed by atoms with van der Waals surface area (Å²) in [5.41, 5.74) is -0.817. The minimum absolute atomic E-state index is 0.216. The zero-order valence-corrected chi connectivity index (χ0v) is 12.8. The third-order valence-corrected chi connectivity index (χ3v) is 3.95. The van der Waals surface area contributed by atoms with Gasteiger partial charge in [-0.15, -0.1) is 6.58 Å². The second-order valence-electron chi connectivity index (χ2n) is 4.86. The van der Waals surface area contributed by atoms with E-state index in [4.69, 9.17) is 0 Å². The van der Waals surface area contributed by atoms with Crippen LogP contribution in [-0.4, -0.2) is 36.2 Å². The number of phenolic OH excluding ortho intramolecular Hbond substituents is 1. The fourth-order valence-electron chi connectivity index (χ4n) is 2.49. The average Bonchev–Trinajstić information content (AvgIpc) is 2.43. The Balaban J connectivity index is 2.45. The summed E-state index contributed by atoms with van der Waals surface area (Å²) in [6.07, 6.45) is -3.04. The molecule has 2 rings (SSSR count). The van der Waals surface area contributed by atoms with E-state index in [1.165, 1.54) is 6.07 Å². The van der Waals surface area contributed by atoms with Crippen LogP contribution in [0.5, 0.6) is 5.75 Å². The molecule has 21 heavy (non-hydrogen) atoms. The van der Waals surface area contributed by atoms with Crippen molar-refractivity contribution in [3.05, 3.63) is 40.4 Å². The SMILES string of the molecule is C=C[C@@H](c1cc(Br)cc(C(F)(F)F)c1O)N1CCNCC1. The molecular formula is C14H16BrF3N2O. The van der Waals surface area contributed by atoms with Crippen LogP contribution in [0, 0.1) is 0 Å². The summed E-state index contributed by atoms with van der Waals surface area (Å²) in [6, 6.07) is 1.95. The molecule has 1 atom stereocenters. The van der Waals surface area contributed by atoms with Crippen molar-refractivity contribution in [2.45, 2.75) is 12.2 Å². The summed E-state index contributed by atoms with van der Waals surface area (Å²) < 4.78 is 39.2. The molecule has 0 aromatic heterocycles. The van der Waals surface area contributed by atoms with Crippen molar-refractivity contribution in [2.24, 2.45) is 0 Å². The molecule has 1 aromatic carbocycles. The summed E-state index contributed by atoms with van der Waals surface area (Å²) in [4.78, 5) is 1.99. The third kappa shape index (κ3) is 3.59. The van der Waals surface area contributed by atoms with Gasteiger partial charge in [0.05, 0.1) is 11.6 Å². The summed E-state index contributed by atoms with van der Waals surface area (Å²) in [5, 5.41) is 13.2. The zero-order chi connectivity index (χ0) is 15.6. The second kappa shape index (κ2) is 6.37. The highest BCUT2D eigenvalue weighted by molar-refractivity contribution is 9.10. The number of rotatable bonds is 3. The Labute approximate surface area is 129 Å². The molecule has 2 N–H and O–H groups in total. The van der Waals surface area contributed by atoms with E-state index in [1.54, 1.807) is 6.08 Å². The van der Waals surface area contributed by atoms with Crippen molar-refractivity contribution in [3.8, 4) is 5.75 Å². The fourth-order valence-corrected chi connectivity index (χ4v) is 2.97. The number of hydrogen-bond acceptors (Lipinski definition) is 3. The van der Waals surface area contributed by atoms with Gasteiger partial charge in [-0.25, -0.2) is 0 Å². The molecule has 1 aliphatic rings. The Hall–Kier alpha value is -1.05. The lowest BCUT2D eigenvalue weighted by Gasteiger charge is -2.34. The molecule has 1 aliphatic heterocycles. The predicted octanol–water partition coefficient (Wildman–Crippen LogP) is 3.31. The van der Waals surface area contributed by atoms with E-state index in [0.717, 1.165) is 19.2 Å². The summed E-state index contributed by atoms with van der Waals surface area (Å²) in [7, 11) is 0. The monoisotopic (exact) mass is 364 g/mol. The summed E-state index contributed by atoms with van der Waals surface area (Å²) in [6.45, 7) is 6.58. The number of halogens is 4. The molecule has 0 spiro atoms. The number of alkyl halides is 3. The van der Waals surface area contributed by atoms with Gasteiger partial charge in [0.15, 0.2) is 0 Å². The van der Waals surface area contributed by atoms with Gasteiger partial charge in [0.25, 0.3) is 0 Å². The molecular weight excluding hydrogens is 349 g/mol. The van der Waals surface area contributed by atoms with Crippen LogP contribution < -0.4 is 5.32 Å². The molecule has 0 bridgehead atoms. The Morgan fingerprint density at radius 3 is 2.48 bits per heavy atom. The Morgan fingerprint density at radius 1 is 1.33 bits per heavy atom. The first-order valence-electron chi connectivity index (χ1n) is 6.51. The molecule has 0 saturated carbocycles. The summed E-state index contributed by atoms with van der Waals surface area (Å²) in [5.74, 6) is -0.728. The predicted molar refractivity (Wildman–Crippen MR) is 78.2 cm³/mol. The van der Waals surface area contributed by atoms with Gasteiger partial charge in [0.2, 0.25) is 0 Å². The van der Waals surface area contributed by atoms with E-state index in [-0.39, 0.29) is 10.0 Å². The lowest BCUT2D eigenvalue weighted by atomic mass is 10.00. The number of nitrogens with one attached hydrogen (secondary N) is 1. The number of aromatic hydroxyl groups is 1. The van der Waals surface area contributed by atoms with E-state index in [2.05, 4.69) is 27.8 Å². The van der Waals surface area contributed by atoms with Gasteiger partial charge in [-0.2, -0.15) is 13.2 Å². The first-order chi connectivity index (χ1) is 9.84. The normalized spacial score (nSPS) is 18.5. The van der Waals surface area contributed by atoms with Gasteiger partial charge in [-0.05, 0) is 12.1 Å². The lowest BCUT2D eigenvalue weighted by Crippen LogP contribution is -2.44. The van der Waals surface area contributed by atoms with Crippen LogP contribution in [-0.2, 0) is 6.18 Å². The highest BCUT2D eigenvalue weighted by Crippen LogP contribution is 2.42. The molecule has 0 unspecified atom stereocenters. The highest BCUT2D eigenvalue weighted by atomic mass is 79.9. The maximum absolute atomic E-state index is 13.0. The number of hydrogen-bond donors (Lipinski definition) is 2. The number of benzene rings is 1. The van der Waals surface area contributed by atoms with Crippen molar-refractivity contribution in [1.29, 1.82) is 0 Å². The fraction of sp³-hybridized carbons (Fsp3) is 0.429. The molecule has 0 amide bonds. The maximum atomic E-state index is 13.0. The quantitative estimate of drug-likeness (QED) is 0.807. The van der Waals surface area contributed by atoms with E-state index >= 15 is 0 Å². The standard InChI is InChI=1S/C14H16BrF3N2O/c1-2-12(20-5-3-19-4-6-20)10-7-9(15)8-11(13(10)21)14(16,17)18/h2,7-8,12,19,21H,1,3-6H2/t12-/m0/s1. The highest BCUT2D eigenvalue weighted by Gasteiger charge is 2.36. The van der Waals surface area contributed by atoms with Gasteiger partial charge in [0, 0.05) is 36.2 Å². The van der Waals surface area contributed by atoms with E-state index in [9.17, 15) is 18.3 Å². The van der Waals surface area contributed by atoms with Crippen molar-refractivity contribution in [3.63, 3.8) is 0 Å². The van der Waals surface area contributed by atoms with Crippen molar-refractivity contribution in [2.75, 3.05) is 26.2 Å². The Bertz CT molecular complexity index is 528. The van der Waals surface area contributed by atoms with Crippen LogP contribution >= 0.6 is 15.9 Å². The zero-order valence-electron chi connectivity index (χ0n) is 11.3. The molecule has 0 aliphatic carbocycles. The molecule has 116 valence electrons. The van der Waals surface area contributed by atoms with Crippen LogP contribution in [0.4, 0.5) is 13.2 Å². The first-order valence-corrected chi connectivity index (χ1v) is 7.31. The third-order valence-electron chi connectivity index (χ3n) is 3.50. The van der Waals surface area contributed by atoms with Gasteiger partial charge in [0.1, 0.15) is 5.75 Å². The Morgan fingerprint density at radius 2 is 1.95 bits per heavy atom. The molecule has 1 aromatic rings. The van der Waals surface area contributed by atoms with Gasteiger partial charge >= 0.3 is 6.18 Å². The average molecular weight is 365 g/mol. The molecule has 7 heteroatoms. The van der Waals surface area contributed by atoms with Crippen molar-refractivity contribution >= 4 is 15.9 Å². The summed E-state index contributed by atoms with van der Waals surface area (Å²) >= 11 is 3.08. The van der Waals surface area contributed by atoms with Gasteiger partial charge in [-0.1, -0.05) is 22.0 Å². The van der Waals surface area contributed by atoms with Crippen molar-refractivity contribution in [1.82, 2.24) is 10.2 Å². The Kier molecular flexibility index (Phi) is 4.95. The van der Waals surface area contributed by atoms with Crippen LogP contribution in [0.3, 0.4) is 0 Å². The number of phenols is 1. The number of nitrogens with zero attached hydrogens (tertiary/aromatic N) is 1. The minimum atomic E-state index is -4.60. The van der Waals surface area contributed by atoms with Crippen LogP contribution in [0.1, 0.15) is 17.2 Å². The molecule has 3 nitrogen and oxygen atoms in total. The number of piperazine rings is 1. The van der Waals surface area contributed by atoms with Gasteiger partial charge < -0.3 is 10.4 Å². The minimum Gasteiger partial charge on any atom is -0.507 e. The second-order valence-corrected chi connectivity index (χ2v) is 5.77. The van der Waals surface area contributed by atoms with Crippen LogP contribution in [0.25, 0.3) is 0 Å². The van der Waals surface area contributed by atoms with E-state index < -0.39 is 23.5 Å². The van der Waals surface area contributed by atoms with Gasteiger partial charge in [-0.3, -0.25) is 4.90 Å². The molecule has 1 saturated heterocycles. The smallest absolute Gasteiger partial charge is 0.420 e. The molecule has 0 radical (unpaired) electrons. The first kappa shape index (κ1) is 16.3. The van der Waals surface area contributed by atoms with Crippen molar-refractivity contribution < 1.29 is 18.3 Å². The molecule has 1 heterocycles. The van der Waals surface area contributed by atoms with E-state index in [0.29, 0.717) is 13.1 Å². The lowest BCUT2D eigenvalue weighted by molar-refractivity contribution is -0.138. The van der Waals surface area contributed by atoms with Crippen LogP contribution in [0.2, 0.25) is 0 Å². The largest absolute Gasteiger partial charge is 0.507 e.